The van der Waals surface area contributed by atoms with E-state index in [2.05, 4.69) is 29.8 Å². The molecule has 3 N–H and O–H groups in total. The second kappa shape index (κ2) is 11.1. The van der Waals surface area contributed by atoms with Crippen LogP contribution in [-0.2, 0) is 4.79 Å². The SMILES string of the molecule is CCNC(=NCC1(CC)CCC1)NCCNC(=O)C(C)C.I. The summed E-state index contributed by atoms with van der Waals surface area (Å²) in [6.45, 7) is 11.2. The Morgan fingerprint density at radius 1 is 1.14 bits per heavy atom. The third-order valence-electron chi connectivity index (χ3n) is 4.32. The first-order chi connectivity index (χ1) is 10.0. The van der Waals surface area contributed by atoms with Crippen LogP contribution < -0.4 is 16.0 Å². The summed E-state index contributed by atoms with van der Waals surface area (Å²) in [5, 5.41) is 9.45. The molecule has 1 fully saturated rings. The Balaban J connectivity index is 0.00000441. The van der Waals surface area contributed by atoms with Gasteiger partial charge in [-0.05, 0) is 31.6 Å². The van der Waals surface area contributed by atoms with Gasteiger partial charge in [0.2, 0.25) is 5.91 Å². The molecule has 1 aliphatic carbocycles. The van der Waals surface area contributed by atoms with Gasteiger partial charge in [-0.25, -0.2) is 0 Å². The predicted molar refractivity (Wildman–Crippen MR) is 104 cm³/mol. The molecule has 0 unspecified atom stereocenters. The first-order valence-electron chi connectivity index (χ1n) is 8.33. The van der Waals surface area contributed by atoms with Crippen LogP contribution in [-0.4, -0.2) is 38.0 Å². The fraction of sp³-hybridized carbons (Fsp3) is 0.875. The van der Waals surface area contributed by atoms with Gasteiger partial charge in [0.05, 0.1) is 0 Å². The highest BCUT2D eigenvalue weighted by molar-refractivity contribution is 14.0. The highest BCUT2D eigenvalue weighted by atomic mass is 127. The lowest BCUT2D eigenvalue weighted by Gasteiger charge is -2.40. The summed E-state index contributed by atoms with van der Waals surface area (Å²) in [5.41, 5.74) is 0.439. The van der Waals surface area contributed by atoms with Gasteiger partial charge in [0.1, 0.15) is 0 Å². The number of amides is 1. The van der Waals surface area contributed by atoms with Crippen molar-refractivity contribution in [2.75, 3.05) is 26.2 Å². The molecule has 5 nitrogen and oxygen atoms in total. The van der Waals surface area contributed by atoms with Crippen LogP contribution in [0.4, 0.5) is 0 Å². The van der Waals surface area contributed by atoms with Crippen molar-refractivity contribution in [2.24, 2.45) is 16.3 Å². The van der Waals surface area contributed by atoms with E-state index in [1.165, 1.54) is 25.7 Å². The number of nitrogens with one attached hydrogen (secondary N) is 3. The van der Waals surface area contributed by atoms with Crippen molar-refractivity contribution >= 4 is 35.8 Å². The lowest BCUT2D eigenvalue weighted by Crippen LogP contribution is -2.43. The van der Waals surface area contributed by atoms with E-state index in [-0.39, 0.29) is 35.8 Å². The van der Waals surface area contributed by atoms with Gasteiger partial charge in [0, 0.05) is 32.1 Å². The second-order valence-corrected chi connectivity index (χ2v) is 6.27. The molecule has 0 saturated heterocycles. The van der Waals surface area contributed by atoms with Crippen LogP contribution >= 0.6 is 24.0 Å². The summed E-state index contributed by atoms with van der Waals surface area (Å²) in [4.78, 5) is 16.2. The highest BCUT2D eigenvalue weighted by Crippen LogP contribution is 2.43. The molecule has 1 amide bonds. The van der Waals surface area contributed by atoms with Crippen LogP contribution in [0.3, 0.4) is 0 Å². The summed E-state index contributed by atoms with van der Waals surface area (Å²) >= 11 is 0. The minimum atomic E-state index is 0. The standard InChI is InChI=1S/C16H32N4O.HI/c1-5-16(8-7-9-16)12-20-15(17-6-2)19-11-10-18-14(21)13(3)4;/h13H,5-12H2,1-4H3,(H,18,21)(H2,17,19,20);1H. The summed E-state index contributed by atoms with van der Waals surface area (Å²) in [5.74, 6) is 0.990. The first-order valence-corrected chi connectivity index (χ1v) is 8.33. The topological polar surface area (TPSA) is 65.5 Å². The fourth-order valence-corrected chi connectivity index (χ4v) is 2.46. The van der Waals surface area contributed by atoms with Crippen LogP contribution in [0.15, 0.2) is 4.99 Å². The van der Waals surface area contributed by atoms with E-state index in [0.29, 0.717) is 18.5 Å². The van der Waals surface area contributed by atoms with E-state index in [0.717, 1.165) is 19.0 Å². The summed E-state index contributed by atoms with van der Waals surface area (Å²) in [6, 6.07) is 0. The molecule has 0 bridgehead atoms. The van der Waals surface area contributed by atoms with E-state index in [4.69, 9.17) is 4.99 Å². The van der Waals surface area contributed by atoms with E-state index in [1.54, 1.807) is 0 Å². The maximum Gasteiger partial charge on any atom is 0.222 e. The Labute approximate surface area is 152 Å². The van der Waals surface area contributed by atoms with Gasteiger partial charge in [0.25, 0.3) is 0 Å². The molecular formula is C16H33IN4O. The molecule has 1 rings (SSSR count). The van der Waals surface area contributed by atoms with Gasteiger partial charge in [-0.3, -0.25) is 9.79 Å². The molecule has 0 spiro atoms. The Hall–Kier alpha value is -0.530. The number of hydrogen-bond acceptors (Lipinski definition) is 2. The van der Waals surface area contributed by atoms with E-state index < -0.39 is 0 Å². The molecule has 0 atom stereocenters. The van der Waals surface area contributed by atoms with Gasteiger partial charge in [-0.15, -0.1) is 24.0 Å². The Morgan fingerprint density at radius 3 is 2.23 bits per heavy atom. The Bertz CT molecular complexity index is 349. The molecule has 1 saturated carbocycles. The summed E-state index contributed by atoms with van der Waals surface area (Å²) < 4.78 is 0. The predicted octanol–water partition coefficient (Wildman–Crippen LogP) is 2.51. The maximum atomic E-state index is 11.5. The monoisotopic (exact) mass is 424 g/mol. The highest BCUT2D eigenvalue weighted by Gasteiger charge is 2.34. The average Bonchev–Trinajstić information content (AvgIpc) is 2.42. The number of halogens is 1. The van der Waals surface area contributed by atoms with Crippen molar-refractivity contribution in [3.8, 4) is 0 Å². The molecular weight excluding hydrogens is 391 g/mol. The smallest absolute Gasteiger partial charge is 0.222 e. The number of hydrogen-bond donors (Lipinski definition) is 3. The van der Waals surface area contributed by atoms with Gasteiger partial charge in [-0.2, -0.15) is 0 Å². The quantitative estimate of drug-likeness (QED) is 0.243. The van der Waals surface area contributed by atoms with Crippen LogP contribution in [0.25, 0.3) is 0 Å². The lowest BCUT2D eigenvalue weighted by molar-refractivity contribution is -0.123. The summed E-state index contributed by atoms with van der Waals surface area (Å²) in [6.07, 6.45) is 5.16. The number of nitrogens with zero attached hydrogens (tertiary/aromatic N) is 1. The fourth-order valence-electron chi connectivity index (χ4n) is 2.46. The normalized spacial score (nSPS) is 16.5. The van der Waals surface area contributed by atoms with Gasteiger partial charge >= 0.3 is 0 Å². The van der Waals surface area contributed by atoms with Crippen molar-refractivity contribution in [3.63, 3.8) is 0 Å². The molecule has 22 heavy (non-hydrogen) atoms. The number of aliphatic imine (C=N–C) groups is 1. The van der Waals surface area contributed by atoms with Gasteiger partial charge in [0.15, 0.2) is 5.96 Å². The second-order valence-electron chi connectivity index (χ2n) is 6.27. The van der Waals surface area contributed by atoms with Gasteiger partial charge in [-0.1, -0.05) is 27.2 Å². The van der Waals surface area contributed by atoms with E-state index in [1.807, 2.05) is 13.8 Å². The molecule has 0 aromatic rings. The Morgan fingerprint density at radius 2 is 1.77 bits per heavy atom. The zero-order valence-electron chi connectivity index (χ0n) is 14.5. The van der Waals surface area contributed by atoms with Crippen LogP contribution in [0.5, 0.6) is 0 Å². The molecule has 0 heterocycles. The van der Waals surface area contributed by atoms with Crippen molar-refractivity contribution < 1.29 is 4.79 Å². The molecule has 0 radical (unpaired) electrons. The van der Waals surface area contributed by atoms with Gasteiger partial charge < -0.3 is 16.0 Å². The number of rotatable bonds is 8. The van der Waals surface area contributed by atoms with E-state index in [9.17, 15) is 4.79 Å². The third-order valence-corrected chi connectivity index (χ3v) is 4.32. The molecule has 0 aromatic heterocycles. The zero-order chi connectivity index (χ0) is 15.7. The van der Waals surface area contributed by atoms with Crippen molar-refractivity contribution in [1.29, 1.82) is 0 Å². The van der Waals surface area contributed by atoms with E-state index >= 15 is 0 Å². The summed E-state index contributed by atoms with van der Waals surface area (Å²) in [7, 11) is 0. The minimum absolute atomic E-state index is 0. The van der Waals surface area contributed by atoms with Crippen LogP contribution in [0, 0.1) is 11.3 Å². The van der Waals surface area contributed by atoms with Crippen molar-refractivity contribution in [3.05, 3.63) is 0 Å². The zero-order valence-corrected chi connectivity index (χ0v) is 16.8. The molecule has 0 aliphatic heterocycles. The lowest BCUT2D eigenvalue weighted by atomic mass is 9.67. The number of carbonyl (C=O) groups is 1. The number of guanidine groups is 1. The van der Waals surface area contributed by atoms with Crippen molar-refractivity contribution in [1.82, 2.24) is 16.0 Å². The maximum absolute atomic E-state index is 11.5. The molecule has 0 aromatic carbocycles. The molecule has 6 heteroatoms. The molecule has 130 valence electrons. The first kappa shape index (κ1) is 21.5. The van der Waals surface area contributed by atoms with Crippen LogP contribution in [0.2, 0.25) is 0 Å². The largest absolute Gasteiger partial charge is 0.357 e. The average molecular weight is 424 g/mol. The molecule has 1 aliphatic rings. The third kappa shape index (κ3) is 7.15. The Kier molecular flexibility index (Phi) is 10.8. The number of carbonyl (C=O) groups excluding carboxylic acids is 1. The minimum Gasteiger partial charge on any atom is -0.357 e. The van der Waals surface area contributed by atoms with Crippen molar-refractivity contribution in [2.45, 2.75) is 53.4 Å². The van der Waals surface area contributed by atoms with Crippen LogP contribution in [0.1, 0.15) is 53.4 Å².